The van der Waals surface area contributed by atoms with Crippen molar-refractivity contribution in [3.8, 4) is 17.6 Å². The van der Waals surface area contributed by atoms with Gasteiger partial charge in [-0.25, -0.2) is 9.37 Å². The average molecular weight is 528 g/mol. The lowest BCUT2D eigenvalue weighted by molar-refractivity contribution is 0.282. The summed E-state index contributed by atoms with van der Waals surface area (Å²) in [7, 11) is 1.57. The van der Waals surface area contributed by atoms with Crippen LogP contribution in [0.3, 0.4) is 0 Å². The minimum absolute atomic E-state index is 0.306. The van der Waals surface area contributed by atoms with Gasteiger partial charge >= 0.3 is 0 Å². The highest BCUT2D eigenvalue weighted by Crippen LogP contribution is 2.38. The Morgan fingerprint density at radius 1 is 1.09 bits per heavy atom. The number of ether oxygens (including phenoxy) is 2. The lowest BCUT2D eigenvalue weighted by atomic mass is 10.1. The number of nitrogens with one attached hydrogen (secondary N) is 1. The predicted octanol–water partition coefficient (Wildman–Crippen LogP) is 7.27. The molecule has 5 aromatic rings. The van der Waals surface area contributed by atoms with Gasteiger partial charge in [0.15, 0.2) is 11.5 Å². The summed E-state index contributed by atoms with van der Waals surface area (Å²) in [5, 5.41) is 12.1. The van der Waals surface area contributed by atoms with Crippen LogP contribution in [-0.4, -0.2) is 17.1 Å². The van der Waals surface area contributed by atoms with Crippen LogP contribution in [0, 0.1) is 17.1 Å². The van der Waals surface area contributed by atoms with Gasteiger partial charge in [-0.05, 0) is 80.3 Å². The van der Waals surface area contributed by atoms with Gasteiger partial charge in [0, 0.05) is 0 Å². The largest absolute Gasteiger partial charge is 0.493 e. The molecule has 0 saturated heterocycles. The molecule has 1 aromatic heterocycles. The van der Waals surface area contributed by atoms with Gasteiger partial charge < -0.3 is 14.5 Å². The third-order valence-corrected chi connectivity index (χ3v) is 6.17. The number of methoxy groups -OCH3 is 1. The molecule has 0 fully saturated rings. The number of rotatable bonds is 6. The number of benzene rings is 4. The first kappa shape index (κ1) is 22.6. The molecule has 5 nitrogen and oxygen atoms in total. The van der Waals surface area contributed by atoms with Crippen molar-refractivity contribution >= 4 is 49.4 Å². The van der Waals surface area contributed by atoms with E-state index in [9.17, 15) is 9.65 Å². The van der Waals surface area contributed by atoms with Gasteiger partial charge in [0.25, 0.3) is 0 Å². The van der Waals surface area contributed by atoms with E-state index in [4.69, 9.17) is 9.47 Å². The van der Waals surface area contributed by atoms with Gasteiger partial charge in [0.2, 0.25) is 0 Å². The maximum atomic E-state index is 13.5. The molecule has 0 amide bonds. The number of nitrogens with zero attached hydrogens (tertiary/aromatic N) is 2. The summed E-state index contributed by atoms with van der Waals surface area (Å²) in [6.45, 7) is 0.369. The van der Waals surface area contributed by atoms with E-state index in [0.717, 1.165) is 16.5 Å². The molecule has 0 aliphatic heterocycles. The molecule has 4 aromatic carbocycles. The number of H-pyrrole nitrogens is 1. The van der Waals surface area contributed by atoms with E-state index in [1.165, 1.54) is 17.5 Å². The Bertz CT molecular complexity index is 1640. The van der Waals surface area contributed by atoms with Crippen LogP contribution in [0.2, 0.25) is 0 Å². The number of halogens is 2. The number of hydrogen-bond donors (Lipinski definition) is 1. The summed E-state index contributed by atoms with van der Waals surface area (Å²) in [6.07, 6.45) is 1.69. The molecule has 0 saturated carbocycles. The van der Waals surface area contributed by atoms with Crippen molar-refractivity contribution < 1.29 is 13.9 Å². The van der Waals surface area contributed by atoms with E-state index in [-0.39, 0.29) is 5.82 Å². The molecule has 172 valence electrons. The zero-order chi connectivity index (χ0) is 24.4. The molecule has 7 heteroatoms. The first-order chi connectivity index (χ1) is 17.0. The molecule has 0 bridgehead atoms. The highest BCUT2D eigenvalue weighted by atomic mass is 79.9. The lowest BCUT2D eigenvalue weighted by Crippen LogP contribution is -1.99. The molecule has 0 aliphatic rings. The maximum absolute atomic E-state index is 13.5. The first-order valence-corrected chi connectivity index (χ1v) is 11.6. The monoisotopic (exact) mass is 527 g/mol. The number of allylic oxidation sites excluding steroid dienone is 1. The molecular formula is C28H19BrFN3O2. The first-order valence-electron chi connectivity index (χ1n) is 10.8. The van der Waals surface area contributed by atoms with E-state index in [1.54, 1.807) is 25.3 Å². The second-order valence-corrected chi connectivity index (χ2v) is 8.78. The number of aromatic amines is 1. The molecule has 1 N–H and O–H groups in total. The number of fused-ring (bicyclic) bond motifs is 2. The SMILES string of the molecule is COc1cc(/C=C(/C#N)c2nc3ccc(F)cc3[nH]2)cc(Br)c1OCc1ccc2ccccc2c1. The standard InChI is InChI=1S/C28H19BrFN3O2/c1-34-26-13-18(11-21(15-31)28-32-24-9-8-22(30)14-25(24)33-28)12-23(29)27(26)35-16-17-6-7-19-4-2-3-5-20(19)10-17/h2-14H,16H2,1H3,(H,32,33)/b21-11-. The number of nitriles is 1. The quantitative estimate of drug-likeness (QED) is 0.235. The van der Waals surface area contributed by atoms with Crippen LogP contribution in [0.5, 0.6) is 11.5 Å². The molecule has 5 rings (SSSR count). The summed E-state index contributed by atoms with van der Waals surface area (Å²) in [4.78, 5) is 7.41. The highest BCUT2D eigenvalue weighted by Gasteiger charge is 2.14. The number of imidazole rings is 1. The minimum Gasteiger partial charge on any atom is -0.493 e. The van der Waals surface area contributed by atoms with E-state index in [1.807, 2.05) is 24.3 Å². The Balaban J connectivity index is 1.42. The Labute approximate surface area is 209 Å². The van der Waals surface area contributed by atoms with Gasteiger partial charge in [0.1, 0.15) is 24.3 Å². The second-order valence-electron chi connectivity index (χ2n) is 7.92. The van der Waals surface area contributed by atoms with Crippen molar-refractivity contribution in [1.29, 1.82) is 5.26 Å². The van der Waals surface area contributed by atoms with Crippen molar-refractivity contribution in [2.24, 2.45) is 0 Å². The molecule has 0 radical (unpaired) electrons. The Morgan fingerprint density at radius 3 is 2.71 bits per heavy atom. The average Bonchev–Trinajstić information content (AvgIpc) is 3.29. The summed E-state index contributed by atoms with van der Waals surface area (Å²) in [5.41, 5.74) is 3.17. The molecule has 0 unspecified atom stereocenters. The summed E-state index contributed by atoms with van der Waals surface area (Å²) in [6, 6.07) is 24.4. The van der Waals surface area contributed by atoms with Gasteiger partial charge in [-0.3, -0.25) is 0 Å². The normalized spacial score (nSPS) is 11.5. The molecule has 0 aliphatic carbocycles. The van der Waals surface area contributed by atoms with Crippen LogP contribution in [0.25, 0.3) is 33.5 Å². The van der Waals surface area contributed by atoms with Crippen molar-refractivity contribution in [2.45, 2.75) is 6.61 Å². The summed E-state index contributed by atoms with van der Waals surface area (Å²) < 4.78 is 25.9. The maximum Gasteiger partial charge on any atom is 0.175 e. The van der Waals surface area contributed by atoms with Gasteiger partial charge in [-0.2, -0.15) is 5.26 Å². The van der Waals surface area contributed by atoms with Crippen LogP contribution in [0.4, 0.5) is 4.39 Å². The van der Waals surface area contributed by atoms with Crippen LogP contribution in [0.1, 0.15) is 17.0 Å². The highest BCUT2D eigenvalue weighted by molar-refractivity contribution is 9.10. The summed E-state index contributed by atoms with van der Waals surface area (Å²) in [5.74, 6) is 1.08. The second kappa shape index (κ2) is 9.61. The molecule has 0 atom stereocenters. The molecule has 1 heterocycles. The third kappa shape index (κ3) is 4.75. The zero-order valence-electron chi connectivity index (χ0n) is 18.7. The van der Waals surface area contributed by atoms with E-state index in [2.05, 4.69) is 56.2 Å². The molecule has 35 heavy (non-hydrogen) atoms. The van der Waals surface area contributed by atoms with E-state index < -0.39 is 0 Å². The van der Waals surface area contributed by atoms with Crippen LogP contribution < -0.4 is 9.47 Å². The number of hydrogen-bond acceptors (Lipinski definition) is 4. The Kier molecular flexibility index (Phi) is 6.21. The third-order valence-electron chi connectivity index (χ3n) is 5.58. The summed E-state index contributed by atoms with van der Waals surface area (Å²) >= 11 is 3.57. The van der Waals surface area contributed by atoms with E-state index >= 15 is 0 Å². The van der Waals surface area contributed by atoms with Crippen LogP contribution in [0.15, 0.2) is 77.3 Å². The van der Waals surface area contributed by atoms with Gasteiger partial charge in [-0.15, -0.1) is 0 Å². The van der Waals surface area contributed by atoms with Crippen molar-refractivity contribution in [3.05, 3.63) is 100 Å². The zero-order valence-corrected chi connectivity index (χ0v) is 20.3. The fourth-order valence-corrected chi connectivity index (χ4v) is 4.45. The fourth-order valence-electron chi connectivity index (χ4n) is 3.88. The topological polar surface area (TPSA) is 70.9 Å². The minimum atomic E-state index is -0.372. The lowest BCUT2D eigenvalue weighted by Gasteiger charge is -2.14. The van der Waals surface area contributed by atoms with Gasteiger partial charge in [-0.1, -0.05) is 36.4 Å². The molecular weight excluding hydrogens is 509 g/mol. The van der Waals surface area contributed by atoms with Crippen LogP contribution >= 0.6 is 15.9 Å². The fraction of sp³-hybridized carbons (Fsp3) is 0.0714. The predicted molar refractivity (Wildman–Crippen MR) is 139 cm³/mol. The smallest absolute Gasteiger partial charge is 0.175 e. The van der Waals surface area contributed by atoms with Crippen molar-refractivity contribution in [2.75, 3.05) is 7.11 Å². The number of aromatic nitrogens is 2. The van der Waals surface area contributed by atoms with Gasteiger partial charge in [0.05, 0.1) is 28.2 Å². The van der Waals surface area contributed by atoms with E-state index in [0.29, 0.717) is 45.0 Å². The Hall–Kier alpha value is -4.15. The van der Waals surface area contributed by atoms with Crippen LogP contribution in [-0.2, 0) is 6.61 Å². The Morgan fingerprint density at radius 2 is 1.91 bits per heavy atom. The molecule has 0 spiro atoms. The van der Waals surface area contributed by atoms with Crippen molar-refractivity contribution in [3.63, 3.8) is 0 Å². The van der Waals surface area contributed by atoms with Crippen molar-refractivity contribution in [1.82, 2.24) is 9.97 Å².